The Morgan fingerprint density at radius 3 is 2.31 bits per heavy atom. The van der Waals surface area contributed by atoms with E-state index >= 15 is 0 Å². The lowest BCUT2D eigenvalue weighted by atomic mass is 9.87. The first kappa shape index (κ1) is 8.76. The minimum Gasteiger partial charge on any atom is -0.370 e. The lowest BCUT2D eigenvalue weighted by Gasteiger charge is -2.33. The van der Waals surface area contributed by atoms with Crippen molar-refractivity contribution in [3.63, 3.8) is 0 Å². The molecule has 1 aliphatic rings. The molecule has 70 valence electrons. The van der Waals surface area contributed by atoms with Gasteiger partial charge in [0, 0.05) is 5.92 Å². The first-order valence-corrected chi connectivity index (χ1v) is 4.94. The second kappa shape index (κ2) is 3.15. The van der Waals surface area contributed by atoms with Crippen LogP contribution in [0.15, 0.2) is 24.3 Å². The Morgan fingerprint density at radius 1 is 1.00 bits per heavy atom. The predicted molar refractivity (Wildman–Crippen MR) is 53.8 cm³/mol. The maximum atomic E-state index is 5.82. The third-order valence-electron chi connectivity index (χ3n) is 3.05. The second-order valence-electron chi connectivity index (χ2n) is 3.90. The van der Waals surface area contributed by atoms with Gasteiger partial charge in [-0.25, -0.2) is 0 Å². The monoisotopic (exact) mass is 176 g/mol. The molecular weight excluding hydrogens is 160 g/mol. The maximum Gasteiger partial charge on any atom is 0.0803 e. The van der Waals surface area contributed by atoms with Crippen LogP contribution in [0.4, 0.5) is 0 Å². The van der Waals surface area contributed by atoms with E-state index in [0.29, 0.717) is 12.0 Å². The van der Waals surface area contributed by atoms with Gasteiger partial charge in [-0.1, -0.05) is 31.2 Å². The van der Waals surface area contributed by atoms with Crippen LogP contribution in [-0.2, 0) is 4.74 Å². The Balaban J connectivity index is 2.47. The number of benzene rings is 1. The summed E-state index contributed by atoms with van der Waals surface area (Å²) >= 11 is 0. The molecule has 1 aromatic rings. The van der Waals surface area contributed by atoms with Crippen LogP contribution in [0.2, 0.25) is 0 Å². The third-order valence-corrected chi connectivity index (χ3v) is 3.05. The lowest BCUT2D eigenvalue weighted by molar-refractivity contribution is -0.0189. The number of hydrogen-bond acceptors (Lipinski definition) is 1. The molecule has 0 spiro atoms. The van der Waals surface area contributed by atoms with E-state index in [1.807, 2.05) is 0 Å². The van der Waals surface area contributed by atoms with Gasteiger partial charge in [0.25, 0.3) is 0 Å². The highest BCUT2D eigenvalue weighted by molar-refractivity contribution is 5.34. The van der Waals surface area contributed by atoms with E-state index in [1.54, 1.807) is 0 Å². The Labute approximate surface area is 79.7 Å². The number of ether oxygens (including phenoxy) is 1. The zero-order valence-electron chi connectivity index (χ0n) is 8.45. The van der Waals surface area contributed by atoms with E-state index < -0.39 is 0 Å². The molecule has 1 aromatic carbocycles. The lowest BCUT2D eigenvalue weighted by Crippen LogP contribution is -2.25. The Hall–Kier alpha value is -0.820. The zero-order chi connectivity index (χ0) is 9.42. The first-order chi connectivity index (χ1) is 6.20. The van der Waals surface area contributed by atoms with Crippen molar-refractivity contribution in [1.82, 2.24) is 0 Å². The van der Waals surface area contributed by atoms with Crippen LogP contribution >= 0.6 is 0 Å². The van der Waals surface area contributed by atoms with Crippen molar-refractivity contribution in [3.8, 4) is 0 Å². The molecule has 1 heteroatoms. The molecule has 0 fully saturated rings. The first-order valence-electron chi connectivity index (χ1n) is 4.94. The fourth-order valence-electron chi connectivity index (χ4n) is 2.06. The molecule has 3 atom stereocenters. The Morgan fingerprint density at radius 2 is 1.62 bits per heavy atom. The van der Waals surface area contributed by atoms with Crippen LogP contribution < -0.4 is 0 Å². The summed E-state index contributed by atoms with van der Waals surface area (Å²) in [4.78, 5) is 0. The van der Waals surface area contributed by atoms with E-state index in [2.05, 4.69) is 45.0 Å². The summed E-state index contributed by atoms with van der Waals surface area (Å²) < 4.78 is 5.82. The molecule has 0 saturated carbocycles. The third kappa shape index (κ3) is 1.37. The number of rotatable bonds is 0. The molecule has 0 radical (unpaired) electrons. The van der Waals surface area contributed by atoms with Crippen molar-refractivity contribution in [2.75, 3.05) is 0 Å². The summed E-state index contributed by atoms with van der Waals surface area (Å²) in [6, 6.07) is 8.58. The molecule has 0 aliphatic carbocycles. The van der Waals surface area contributed by atoms with Gasteiger partial charge in [0.1, 0.15) is 0 Å². The van der Waals surface area contributed by atoms with Crippen molar-refractivity contribution in [3.05, 3.63) is 35.4 Å². The number of fused-ring (bicyclic) bond motifs is 1. The van der Waals surface area contributed by atoms with Crippen LogP contribution in [-0.4, -0.2) is 6.10 Å². The van der Waals surface area contributed by atoms with Crippen LogP contribution in [0.25, 0.3) is 0 Å². The van der Waals surface area contributed by atoms with Crippen molar-refractivity contribution in [1.29, 1.82) is 0 Å². The van der Waals surface area contributed by atoms with Crippen LogP contribution in [0.5, 0.6) is 0 Å². The minimum atomic E-state index is 0.252. The average molecular weight is 176 g/mol. The fourth-order valence-corrected chi connectivity index (χ4v) is 2.06. The summed E-state index contributed by atoms with van der Waals surface area (Å²) in [5, 5.41) is 0. The molecule has 1 aliphatic heterocycles. The van der Waals surface area contributed by atoms with Gasteiger partial charge in [-0.2, -0.15) is 0 Å². The van der Waals surface area contributed by atoms with Crippen LogP contribution in [0.3, 0.4) is 0 Å². The molecule has 0 bridgehead atoms. The topological polar surface area (TPSA) is 9.23 Å². The van der Waals surface area contributed by atoms with Gasteiger partial charge in [-0.3, -0.25) is 0 Å². The summed E-state index contributed by atoms with van der Waals surface area (Å²) in [6.07, 6.45) is 0.590. The summed E-state index contributed by atoms with van der Waals surface area (Å²) in [5.74, 6) is 0.521. The maximum absolute atomic E-state index is 5.82. The van der Waals surface area contributed by atoms with Gasteiger partial charge >= 0.3 is 0 Å². The van der Waals surface area contributed by atoms with Gasteiger partial charge < -0.3 is 4.74 Å². The highest BCUT2D eigenvalue weighted by Gasteiger charge is 2.27. The molecule has 2 rings (SSSR count). The summed E-state index contributed by atoms with van der Waals surface area (Å²) in [7, 11) is 0. The van der Waals surface area contributed by atoms with Gasteiger partial charge in [0.15, 0.2) is 0 Å². The largest absolute Gasteiger partial charge is 0.370 e. The predicted octanol–water partition coefficient (Wildman–Crippen LogP) is 3.27. The zero-order valence-corrected chi connectivity index (χ0v) is 8.45. The van der Waals surface area contributed by atoms with Crippen molar-refractivity contribution >= 4 is 0 Å². The van der Waals surface area contributed by atoms with Gasteiger partial charge in [-0.05, 0) is 25.0 Å². The second-order valence-corrected chi connectivity index (χ2v) is 3.90. The minimum absolute atomic E-state index is 0.252. The normalized spacial score (nSPS) is 32.7. The molecule has 13 heavy (non-hydrogen) atoms. The van der Waals surface area contributed by atoms with E-state index in [0.717, 1.165) is 0 Å². The molecule has 0 aromatic heterocycles. The van der Waals surface area contributed by atoms with Crippen LogP contribution in [0, 0.1) is 0 Å². The molecule has 0 N–H and O–H groups in total. The van der Waals surface area contributed by atoms with Crippen molar-refractivity contribution in [2.24, 2.45) is 0 Å². The SMILES string of the molecule is C[C@@H]1O[C@@H](C)[C@H](C)c2ccccc21. The van der Waals surface area contributed by atoms with E-state index in [9.17, 15) is 0 Å². The van der Waals surface area contributed by atoms with Gasteiger partial charge in [0.2, 0.25) is 0 Å². The smallest absolute Gasteiger partial charge is 0.0803 e. The number of hydrogen-bond donors (Lipinski definition) is 0. The van der Waals surface area contributed by atoms with Gasteiger partial charge in [-0.15, -0.1) is 0 Å². The Kier molecular flexibility index (Phi) is 2.12. The molecule has 1 heterocycles. The molecule has 0 saturated heterocycles. The standard InChI is InChI=1S/C12H16O/c1-8-9(2)13-10(3)12-7-5-4-6-11(8)12/h4-10H,1-3H3/t8-,9-,10-/m0/s1. The molecular formula is C12H16O. The quantitative estimate of drug-likeness (QED) is 0.589. The fraction of sp³-hybridized carbons (Fsp3) is 0.500. The highest BCUT2D eigenvalue weighted by Crippen LogP contribution is 2.36. The van der Waals surface area contributed by atoms with Crippen molar-refractivity contribution < 1.29 is 4.74 Å². The molecule has 1 nitrogen and oxygen atoms in total. The summed E-state index contributed by atoms with van der Waals surface area (Å²) in [6.45, 7) is 6.51. The molecule has 0 amide bonds. The Bertz CT molecular complexity index is 306. The summed E-state index contributed by atoms with van der Waals surface area (Å²) in [5.41, 5.74) is 2.81. The van der Waals surface area contributed by atoms with E-state index in [1.165, 1.54) is 11.1 Å². The average Bonchev–Trinajstić information content (AvgIpc) is 2.15. The highest BCUT2D eigenvalue weighted by atomic mass is 16.5. The van der Waals surface area contributed by atoms with Crippen LogP contribution in [0.1, 0.15) is 43.9 Å². The molecule has 0 unspecified atom stereocenters. The van der Waals surface area contributed by atoms with Crippen molar-refractivity contribution in [2.45, 2.75) is 38.9 Å². The van der Waals surface area contributed by atoms with E-state index in [-0.39, 0.29) is 6.10 Å². The van der Waals surface area contributed by atoms with E-state index in [4.69, 9.17) is 4.74 Å². The van der Waals surface area contributed by atoms with Gasteiger partial charge in [0.05, 0.1) is 12.2 Å².